The zero-order valence-electron chi connectivity index (χ0n) is 13.3. The number of hydrogen-bond acceptors (Lipinski definition) is 2. The van der Waals surface area contributed by atoms with E-state index >= 15 is 0 Å². The van der Waals surface area contributed by atoms with Gasteiger partial charge < -0.3 is 15.4 Å². The molecule has 1 aromatic carbocycles. The maximum atomic E-state index is 5.02. The van der Waals surface area contributed by atoms with Crippen LogP contribution in [0.3, 0.4) is 0 Å². The number of nitrogens with one attached hydrogen (secondary N) is 2. The van der Waals surface area contributed by atoms with Gasteiger partial charge in [-0.1, -0.05) is 30.3 Å². The zero-order valence-corrected chi connectivity index (χ0v) is 15.6. The molecule has 0 fully saturated rings. The fourth-order valence-electron chi connectivity index (χ4n) is 1.90. The molecule has 1 unspecified atom stereocenters. The second-order valence-electron chi connectivity index (χ2n) is 4.82. The lowest BCUT2D eigenvalue weighted by Gasteiger charge is -2.17. The van der Waals surface area contributed by atoms with Crippen LogP contribution in [0.15, 0.2) is 35.3 Å². The van der Waals surface area contributed by atoms with Crippen molar-refractivity contribution in [1.29, 1.82) is 0 Å². The van der Waals surface area contributed by atoms with Crippen molar-refractivity contribution in [2.75, 3.05) is 26.8 Å². The van der Waals surface area contributed by atoms with Gasteiger partial charge in [0.1, 0.15) is 0 Å². The molecule has 1 atom stereocenters. The first-order chi connectivity index (χ1) is 9.76. The molecule has 0 aliphatic heterocycles. The molecule has 2 N–H and O–H groups in total. The molecule has 4 nitrogen and oxygen atoms in total. The van der Waals surface area contributed by atoms with Crippen LogP contribution in [0.1, 0.15) is 25.8 Å². The second-order valence-corrected chi connectivity index (χ2v) is 4.82. The molecule has 5 heteroatoms. The fraction of sp³-hybridized carbons (Fsp3) is 0.562. The molecule has 120 valence electrons. The monoisotopic (exact) mass is 405 g/mol. The lowest BCUT2D eigenvalue weighted by atomic mass is 10.1. The van der Waals surface area contributed by atoms with E-state index in [2.05, 4.69) is 59.8 Å². The van der Waals surface area contributed by atoms with Crippen LogP contribution in [0.25, 0.3) is 0 Å². The predicted octanol–water partition coefficient (Wildman–Crippen LogP) is 2.83. The van der Waals surface area contributed by atoms with Gasteiger partial charge in [0.05, 0.1) is 13.2 Å². The first-order valence-corrected chi connectivity index (χ1v) is 7.34. The van der Waals surface area contributed by atoms with Crippen LogP contribution in [0.2, 0.25) is 0 Å². The van der Waals surface area contributed by atoms with Crippen molar-refractivity contribution in [3.8, 4) is 0 Å². The van der Waals surface area contributed by atoms with Crippen LogP contribution < -0.4 is 10.6 Å². The number of halogens is 1. The van der Waals surface area contributed by atoms with Crippen molar-refractivity contribution >= 4 is 29.9 Å². The summed E-state index contributed by atoms with van der Waals surface area (Å²) in [6.45, 7) is 6.45. The number of aliphatic imine (C=N–C) groups is 1. The van der Waals surface area contributed by atoms with Crippen LogP contribution >= 0.6 is 24.0 Å². The highest BCUT2D eigenvalue weighted by atomic mass is 127. The predicted molar refractivity (Wildman–Crippen MR) is 101 cm³/mol. The normalized spacial score (nSPS) is 12.4. The van der Waals surface area contributed by atoms with E-state index in [0.29, 0.717) is 19.2 Å². The summed E-state index contributed by atoms with van der Waals surface area (Å²) in [6.07, 6.45) is 2.16. The van der Waals surface area contributed by atoms with Crippen molar-refractivity contribution in [1.82, 2.24) is 10.6 Å². The topological polar surface area (TPSA) is 45.7 Å². The zero-order chi connectivity index (χ0) is 14.6. The van der Waals surface area contributed by atoms with Gasteiger partial charge in [0.15, 0.2) is 5.96 Å². The quantitative estimate of drug-likeness (QED) is 0.303. The van der Waals surface area contributed by atoms with E-state index in [4.69, 9.17) is 4.74 Å². The minimum atomic E-state index is 0. The Bertz CT molecular complexity index is 384. The SMILES string of the molecule is CCNC(=NCCOC)NC(C)CCc1ccccc1.I. The number of nitrogens with zero attached hydrogens (tertiary/aromatic N) is 1. The van der Waals surface area contributed by atoms with Gasteiger partial charge in [-0.05, 0) is 32.3 Å². The van der Waals surface area contributed by atoms with Crippen LogP contribution in [0.5, 0.6) is 0 Å². The second kappa shape index (κ2) is 12.9. The number of guanidine groups is 1. The minimum absolute atomic E-state index is 0. The van der Waals surface area contributed by atoms with Crippen LogP contribution in [0, 0.1) is 0 Å². The number of ether oxygens (including phenoxy) is 1. The lowest BCUT2D eigenvalue weighted by Crippen LogP contribution is -2.42. The fourth-order valence-corrected chi connectivity index (χ4v) is 1.90. The molecule has 0 aliphatic carbocycles. The Hall–Kier alpha value is -0.820. The standard InChI is InChI=1S/C16H27N3O.HI/c1-4-17-16(18-12-13-20-3)19-14(2)10-11-15-8-6-5-7-9-15;/h5-9,14H,4,10-13H2,1-3H3,(H2,17,18,19);1H. The molecule has 1 rings (SSSR count). The summed E-state index contributed by atoms with van der Waals surface area (Å²) in [4.78, 5) is 4.47. The smallest absolute Gasteiger partial charge is 0.191 e. The summed E-state index contributed by atoms with van der Waals surface area (Å²) >= 11 is 0. The molecule has 0 aliphatic rings. The molecule has 0 spiro atoms. The van der Waals surface area contributed by atoms with E-state index in [0.717, 1.165) is 25.3 Å². The highest BCUT2D eigenvalue weighted by Crippen LogP contribution is 2.04. The first kappa shape index (κ1) is 20.2. The molecule has 21 heavy (non-hydrogen) atoms. The highest BCUT2D eigenvalue weighted by Gasteiger charge is 2.05. The largest absolute Gasteiger partial charge is 0.383 e. The van der Waals surface area contributed by atoms with Crippen molar-refractivity contribution in [2.24, 2.45) is 4.99 Å². The van der Waals surface area contributed by atoms with Gasteiger partial charge in [-0.3, -0.25) is 4.99 Å². The van der Waals surface area contributed by atoms with E-state index in [1.54, 1.807) is 7.11 Å². The number of benzene rings is 1. The third-order valence-electron chi connectivity index (χ3n) is 3.00. The maximum Gasteiger partial charge on any atom is 0.191 e. The van der Waals surface area contributed by atoms with Crippen LogP contribution in [-0.2, 0) is 11.2 Å². The van der Waals surface area contributed by atoms with Crippen LogP contribution in [-0.4, -0.2) is 38.8 Å². The summed E-state index contributed by atoms with van der Waals surface area (Å²) in [7, 11) is 1.69. The molecule has 0 radical (unpaired) electrons. The van der Waals surface area contributed by atoms with Crippen molar-refractivity contribution in [3.05, 3.63) is 35.9 Å². The average Bonchev–Trinajstić information content (AvgIpc) is 2.47. The first-order valence-electron chi connectivity index (χ1n) is 7.34. The molecule has 0 amide bonds. The lowest BCUT2D eigenvalue weighted by molar-refractivity contribution is 0.208. The molecular formula is C16H28IN3O. The molecular weight excluding hydrogens is 377 g/mol. The van der Waals surface area contributed by atoms with E-state index in [9.17, 15) is 0 Å². The maximum absolute atomic E-state index is 5.02. The Morgan fingerprint density at radius 1 is 1.29 bits per heavy atom. The number of hydrogen-bond donors (Lipinski definition) is 2. The van der Waals surface area contributed by atoms with Crippen molar-refractivity contribution < 1.29 is 4.74 Å². The van der Waals surface area contributed by atoms with Crippen LogP contribution in [0.4, 0.5) is 0 Å². The summed E-state index contributed by atoms with van der Waals surface area (Å²) in [5.41, 5.74) is 1.38. The van der Waals surface area contributed by atoms with E-state index in [1.165, 1.54) is 5.56 Å². The Kier molecular flexibility index (Phi) is 12.4. The molecule has 0 bridgehead atoms. The molecule has 0 heterocycles. The number of rotatable bonds is 8. The third kappa shape index (κ3) is 9.68. The summed E-state index contributed by atoms with van der Waals surface area (Å²) < 4.78 is 5.02. The highest BCUT2D eigenvalue weighted by molar-refractivity contribution is 14.0. The number of methoxy groups -OCH3 is 1. The Morgan fingerprint density at radius 3 is 2.62 bits per heavy atom. The molecule has 0 saturated carbocycles. The average molecular weight is 405 g/mol. The molecule has 0 saturated heterocycles. The van der Waals surface area contributed by atoms with Gasteiger partial charge in [0.25, 0.3) is 0 Å². The Morgan fingerprint density at radius 2 is 2.00 bits per heavy atom. The summed E-state index contributed by atoms with van der Waals surface area (Å²) in [5.74, 6) is 0.866. The van der Waals surface area contributed by atoms with Crippen molar-refractivity contribution in [2.45, 2.75) is 32.7 Å². The van der Waals surface area contributed by atoms with E-state index < -0.39 is 0 Å². The Balaban J connectivity index is 0.00000400. The van der Waals surface area contributed by atoms with Gasteiger partial charge in [0, 0.05) is 19.7 Å². The summed E-state index contributed by atoms with van der Waals surface area (Å²) in [6, 6.07) is 11.0. The number of aryl methyl sites for hydroxylation is 1. The van der Waals surface area contributed by atoms with Gasteiger partial charge >= 0.3 is 0 Å². The van der Waals surface area contributed by atoms with Gasteiger partial charge in [-0.2, -0.15) is 0 Å². The third-order valence-corrected chi connectivity index (χ3v) is 3.00. The van der Waals surface area contributed by atoms with Gasteiger partial charge in [0.2, 0.25) is 0 Å². The van der Waals surface area contributed by atoms with E-state index in [1.807, 2.05) is 0 Å². The summed E-state index contributed by atoms with van der Waals surface area (Å²) in [5, 5.41) is 6.68. The molecule has 0 aromatic heterocycles. The minimum Gasteiger partial charge on any atom is -0.383 e. The van der Waals surface area contributed by atoms with Crippen molar-refractivity contribution in [3.63, 3.8) is 0 Å². The molecule has 1 aromatic rings. The van der Waals surface area contributed by atoms with Gasteiger partial charge in [-0.15, -0.1) is 24.0 Å². The van der Waals surface area contributed by atoms with Gasteiger partial charge in [-0.25, -0.2) is 0 Å². The Labute approximate surface area is 145 Å². The van der Waals surface area contributed by atoms with E-state index in [-0.39, 0.29) is 24.0 Å².